The van der Waals surface area contributed by atoms with Gasteiger partial charge in [0.15, 0.2) is 0 Å². The molecule has 7 nitrogen and oxygen atoms in total. The third kappa shape index (κ3) is 2.47. The van der Waals surface area contributed by atoms with E-state index < -0.39 is 0 Å². The van der Waals surface area contributed by atoms with Crippen LogP contribution in [-0.2, 0) is 18.3 Å². The second-order valence-electron chi connectivity index (χ2n) is 5.96. The normalized spacial score (nSPS) is 21.0. The van der Waals surface area contributed by atoms with E-state index in [2.05, 4.69) is 5.32 Å². The van der Waals surface area contributed by atoms with Crippen molar-refractivity contribution in [3.8, 4) is 0 Å². The van der Waals surface area contributed by atoms with E-state index >= 15 is 0 Å². The van der Waals surface area contributed by atoms with Crippen LogP contribution in [0.4, 0.5) is 4.79 Å². The first-order valence-corrected chi connectivity index (χ1v) is 7.45. The molecule has 1 aliphatic carbocycles. The lowest BCUT2D eigenvalue weighted by Crippen LogP contribution is -2.42. The zero-order valence-corrected chi connectivity index (χ0v) is 12.8. The molecule has 1 fully saturated rings. The molecule has 2 heterocycles. The van der Waals surface area contributed by atoms with Gasteiger partial charge in [-0.15, -0.1) is 0 Å². The van der Waals surface area contributed by atoms with Gasteiger partial charge in [0, 0.05) is 25.9 Å². The van der Waals surface area contributed by atoms with Gasteiger partial charge in [-0.3, -0.25) is 14.5 Å². The van der Waals surface area contributed by atoms with Gasteiger partial charge >= 0.3 is 6.03 Å². The molecule has 1 aromatic heterocycles. The van der Waals surface area contributed by atoms with E-state index in [1.54, 1.807) is 18.7 Å². The minimum Gasteiger partial charge on any atom is -0.331 e. The number of nitrogens with one attached hydrogen (secondary N) is 1. The molecule has 0 saturated carbocycles. The number of hydrogen-bond donors (Lipinski definition) is 1. The summed E-state index contributed by atoms with van der Waals surface area (Å²) >= 11 is 0. The van der Waals surface area contributed by atoms with Crippen LogP contribution in [0.2, 0.25) is 0 Å². The quantitative estimate of drug-likeness (QED) is 0.805. The Kier molecular flexibility index (Phi) is 3.64. The molecular formula is C15H20N4O3. The summed E-state index contributed by atoms with van der Waals surface area (Å²) in [6.45, 7) is 0.437. The average molecular weight is 304 g/mol. The van der Waals surface area contributed by atoms with Crippen molar-refractivity contribution in [3.05, 3.63) is 33.7 Å². The molecule has 1 aromatic rings. The van der Waals surface area contributed by atoms with Gasteiger partial charge in [0.1, 0.15) is 6.54 Å². The highest BCUT2D eigenvalue weighted by atomic mass is 16.2. The van der Waals surface area contributed by atoms with Gasteiger partial charge in [0.2, 0.25) is 11.5 Å². The summed E-state index contributed by atoms with van der Waals surface area (Å²) in [6, 6.07) is 3.01. The molecule has 1 atom stereocenters. The minimum absolute atomic E-state index is 0.0301. The molecule has 3 rings (SSSR count). The highest BCUT2D eigenvalue weighted by Crippen LogP contribution is 2.28. The maximum absolute atomic E-state index is 12.3. The van der Waals surface area contributed by atoms with Gasteiger partial charge in [0.25, 0.3) is 0 Å². The highest BCUT2D eigenvalue weighted by molar-refractivity contribution is 5.87. The fourth-order valence-corrected chi connectivity index (χ4v) is 3.15. The number of carbonyl (C=O) groups excluding carboxylic acids is 2. The number of hydrogen-bond acceptors (Lipinski definition) is 3. The standard InChI is InChI=1S/C15H20N4O3/c1-17-9-19(8-14(17)21)15(22)16-11-4-3-5-12-10(11)6-7-13(20)18(12)2/h6-7,11H,3-5,8-9H2,1-2H3,(H,16,22). The number of urea groups is 1. The number of fused-ring (bicyclic) bond motifs is 1. The van der Waals surface area contributed by atoms with Crippen LogP contribution in [0.3, 0.4) is 0 Å². The molecule has 2 aliphatic rings. The molecule has 0 bridgehead atoms. The molecule has 7 heteroatoms. The summed E-state index contributed by atoms with van der Waals surface area (Å²) in [5, 5.41) is 3.00. The van der Waals surface area contributed by atoms with Crippen LogP contribution in [0.1, 0.15) is 30.1 Å². The maximum atomic E-state index is 12.3. The number of nitrogens with zero attached hydrogens (tertiary/aromatic N) is 3. The van der Waals surface area contributed by atoms with E-state index in [1.807, 2.05) is 6.07 Å². The second-order valence-corrected chi connectivity index (χ2v) is 5.96. The van der Waals surface area contributed by atoms with Crippen LogP contribution < -0.4 is 10.9 Å². The number of amides is 3. The molecule has 0 aromatic carbocycles. The van der Waals surface area contributed by atoms with Crippen molar-refractivity contribution in [1.29, 1.82) is 0 Å². The van der Waals surface area contributed by atoms with Gasteiger partial charge in [-0.2, -0.15) is 0 Å². The third-order valence-corrected chi connectivity index (χ3v) is 4.48. The number of carbonyl (C=O) groups is 2. The Bertz CT molecular complexity index is 682. The van der Waals surface area contributed by atoms with Crippen LogP contribution in [0, 0.1) is 0 Å². The summed E-state index contributed by atoms with van der Waals surface area (Å²) in [5.74, 6) is -0.0541. The second kappa shape index (κ2) is 5.47. The van der Waals surface area contributed by atoms with Crippen LogP contribution in [0.15, 0.2) is 16.9 Å². The zero-order valence-electron chi connectivity index (χ0n) is 12.8. The van der Waals surface area contributed by atoms with Crippen molar-refractivity contribution in [3.63, 3.8) is 0 Å². The predicted octanol–water partition coefficient (Wildman–Crippen LogP) is 0.204. The first-order chi connectivity index (χ1) is 10.5. The lowest BCUT2D eigenvalue weighted by molar-refractivity contribution is -0.125. The molecule has 3 amide bonds. The average Bonchev–Trinajstić information content (AvgIpc) is 2.83. The van der Waals surface area contributed by atoms with Gasteiger partial charge in [-0.25, -0.2) is 4.79 Å². The number of aromatic nitrogens is 1. The molecule has 1 N–H and O–H groups in total. The first kappa shape index (κ1) is 14.6. The largest absolute Gasteiger partial charge is 0.331 e. The summed E-state index contributed by atoms with van der Waals surface area (Å²) in [5.41, 5.74) is 1.96. The van der Waals surface area contributed by atoms with E-state index in [0.717, 1.165) is 30.5 Å². The van der Waals surface area contributed by atoms with Gasteiger partial charge < -0.3 is 14.8 Å². The van der Waals surface area contributed by atoms with Crippen molar-refractivity contribution >= 4 is 11.9 Å². The van der Waals surface area contributed by atoms with Crippen LogP contribution in [-0.4, -0.2) is 46.6 Å². The fraction of sp³-hybridized carbons (Fsp3) is 0.533. The molecule has 0 spiro atoms. The Balaban J connectivity index is 1.78. The molecular weight excluding hydrogens is 284 g/mol. The van der Waals surface area contributed by atoms with Crippen LogP contribution >= 0.6 is 0 Å². The van der Waals surface area contributed by atoms with E-state index in [9.17, 15) is 14.4 Å². The molecule has 22 heavy (non-hydrogen) atoms. The molecule has 1 unspecified atom stereocenters. The molecule has 0 radical (unpaired) electrons. The number of pyridine rings is 1. The molecule has 1 aliphatic heterocycles. The Morgan fingerprint density at radius 1 is 1.27 bits per heavy atom. The summed E-state index contributed by atoms with van der Waals surface area (Å²) in [6.07, 6.45) is 2.61. The lowest BCUT2D eigenvalue weighted by Gasteiger charge is -2.29. The van der Waals surface area contributed by atoms with Crippen molar-refractivity contribution in [2.24, 2.45) is 7.05 Å². The Morgan fingerprint density at radius 3 is 2.73 bits per heavy atom. The SMILES string of the molecule is CN1CN(C(=O)NC2CCCc3c2ccc(=O)n3C)CC1=O. The molecule has 118 valence electrons. The summed E-state index contributed by atoms with van der Waals surface area (Å²) < 4.78 is 1.65. The topological polar surface area (TPSA) is 74.7 Å². The van der Waals surface area contributed by atoms with Crippen molar-refractivity contribution in [2.75, 3.05) is 20.3 Å². The van der Waals surface area contributed by atoms with Crippen LogP contribution in [0.25, 0.3) is 0 Å². The minimum atomic E-state index is -0.232. The Morgan fingerprint density at radius 2 is 2.05 bits per heavy atom. The van der Waals surface area contributed by atoms with Crippen molar-refractivity contribution < 1.29 is 9.59 Å². The van der Waals surface area contributed by atoms with Gasteiger partial charge in [0.05, 0.1) is 12.7 Å². The number of likely N-dealkylation sites (N-methyl/N-ethyl adjacent to an activating group) is 1. The van der Waals surface area contributed by atoms with E-state index in [1.165, 1.54) is 15.9 Å². The van der Waals surface area contributed by atoms with E-state index in [4.69, 9.17) is 0 Å². The van der Waals surface area contributed by atoms with E-state index in [0.29, 0.717) is 6.67 Å². The van der Waals surface area contributed by atoms with Gasteiger partial charge in [-0.05, 0) is 30.9 Å². The maximum Gasteiger partial charge on any atom is 0.319 e. The monoisotopic (exact) mass is 304 g/mol. The summed E-state index contributed by atoms with van der Waals surface area (Å²) in [7, 11) is 3.45. The Hall–Kier alpha value is -2.31. The summed E-state index contributed by atoms with van der Waals surface area (Å²) in [4.78, 5) is 38.6. The van der Waals surface area contributed by atoms with Gasteiger partial charge in [-0.1, -0.05) is 0 Å². The molecule has 1 saturated heterocycles. The highest BCUT2D eigenvalue weighted by Gasteiger charge is 2.31. The van der Waals surface area contributed by atoms with Crippen molar-refractivity contribution in [2.45, 2.75) is 25.3 Å². The predicted molar refractivity (Wildman–Crippen MR) is 80.2 cm³/mol. The van der Waals surface area contributed by atoms with E-state index in [-0.39, 0.29) is 30.1 Å². The zero-order chi connectivity index (χ0) is 15.9. The first-order valence-electron chi connectivity index (χ1n) is 7.45. The van der Waals surface area contributed by atoms with Crippen molar-refractivity contribution in [1.82, 2.24) is 19.7 Å². The lowest BCUT2D eigenvalue weighted by atomic mass is 9.91. The smallest absolute Gasteiger partial charge is 0.319 e. The third-order valence-electron chi connectivity index (χ3n) is 4.48. The Labute approximate surface area is 128 Å². The van der Waals surface area contributed by atoms with Crippen LogP contribution in [0.5, 0.6) is 0 Å². The fourth-order valence-electron chi connectivity index (χ4n) is 3.15. The number of rotatable bonds is 1.